The molecule has 4 unspecified atom stereocenters. The fourth-order valence-corrected chi connectivity index (χ4v) is 3.93. The van der Waals surface area contributed by atoms with Gasteiger partial charge in [-0.25, -0.2) is 0 Å². The van der Waals surface area contributed by atoms with Crippen molar-refractivity contribution in [2.75, 3.05) is 6.54 Å². The predicted octanol–water partition coefficient (Wildman–Crippen LogP) is 3.17. The van der Waals surface area contributed by atoms with Crippen LogP contribution in [0.25, 0.3) is 0 Å². The van der Waals surface area contributed by atoms with Crippen molar-refractivity contribution in [1.82, 2.24) is 10.2 Å². The van der Waals surface area contributed by atoms with Gasteiger partial charge in [-0.05, 0) is 58.4 Å². The minimum Gasteiger partial charge on any atom is -0.314 e. The van der Waals surface area contributed by atoms with Gasteiger partial charge in [0.1, 0.15) is 0 Å². The maximum absolute atomic E-state index is 3.71. The molecule has 1 N–H and O–H groups in total. The van der Waals surface area contributed by atoms with Gasteiger partial charge in [0.25, 0.3) is 0 Å². The molecule has 2 rings (SSSR count). The third-order valence-electron chi connectivity index (χ3n) is 4.83. The number of hydrogen-bond acceptors (Lipinski definition) is 2. The van der Waals surface area contributed by atoms with E-state index in [0.717, 1.165) is 24.2 Å². The molecule has 2 fully saturated rings. The van der Waals surface area contributed by atoms with Crippen LogP contribution in [0.15, 0.2) is 0 Å². The third-order valence-corrected chi connectivity index (χ3v) is 4.83. The average molecular weight is 238 g/mol. The minimum atomic E-state index is 0.797. The largest absolute Gasteiger partial charge is 0.314 e. The van der Waals surface area contributed by atoms with E-state index in [1.807, 2.05) is 0 Å². The Morgan fingerprint density at radius 2 is 1.94 bits per heavy atom. The summed E-state index contributed by atoms with van der Waals surface area (Å²) in [6, 6.07) is 3.37. The number of likely N-dealkylation sites (tertiary alicyclic amines) is 1. The van der Waals surface area contributed by atoms with Crippen LogP contribution in [-0.4, -0.2) is 35.6 Å². The summed E-state index contributed by atoms with van der Waals surface area (Å²) < 4.78 is 0. The molecule has 1 heterocycles. The fourth-order valence-electron chi connectivity index (χ4n) is 3.93. The van der Waals surface area contributed by atoms with Crippen LogP contribution in [0.1, 0.15) is 65.7 Å². The van der Waals surface area contributed by atoms with Crippen molar-refractivity contribution in [3.05, 3.63) is 0 Å². The smallest absolute Gasteiger partial charge is 0.0116 e. The first kappa shape index (κ1) is 13.4. The van der Waals surface area contributed by atoms with E-state index in [2.05, 4.69) is 31.0 Å². The Morgan fingerprint density at radius 3 is 2.65 bits per heavy atom. The van der Waals surface area contributed by atoms with Crippen LogP contribution < -0.4 is 5.32 Å². The van der Waals surface area contributed by atoms with Gasteiger partial charge in [-0.2, -0.15) is 0 Å². The lowest BCUT2D eigenvalue weighted by Gasteiger charge is -2.34. The van der Waals surface area contributed by atoms with Crippen molar-refractivity contribution < 1.29 is 0 Å². The molecule has 4 atom stereocenters. The first-order chi connectivity index (χ1) is 8.26. The molecule has 1 saturated carbocycles. The van der Waals surface area contributed by atoms with Crippen molar-refractivity contribution in [2.24, 2.45) is 0 Å². The molecule has 0 radical (unpaired) electrons. The average Bonchev–Trinajstić information content (AvgIpc) is 2.92. The Morgan fingerprint density at radius 1 is 1.12 bits per heavy atom. The van der Waals surface area contributed by atoms with Gasteiger partial charge >= 0.3 is 0 Å². The zero-order valence-corrected chi connectivity index (χ0v) is 11.9. The van der Waals surface area contributed by atoms with E-state index >= 15 is 0 Å². The van der Waals surface area contributed by atoms with E-state index in [-0.39, 0.29) is 0 Å². The highest BCUT2D eigenvalue weighted by Gasteiger charge is 2.38. The maximum Gasteiger partial charge on any atom is 0.0116 e. The monoisotopic (exact) mass is 238 g/mol. The quantitative estimate of drug-likeness (QED) is 0.791. The first-order valence-electron chi connectivity index (χ1n) is 7.77. The second-order valence-electron chi connectivity index (χ2n) is 6.05. The van der Waals surface area contributed by atoms with Crippen molar-refractivity contribution in [2.45, 2.75) is 89.9 Å². The summed E-state index contributed by atoms with van der Waals surface area (Å²) in [5, 5.41) is 3.71. The molecule has 100 valence electrons. The normalized spacial score (nSPS) is 39.0. The zero-order chi connectivity index (χ0) is 12.3. The van der Waals surface area contributed by atoms with Gasteiger partial charge in [0.05, 0.1) is 0 Å². The van der Waals surface area contributed by atoms with E-state index in [1.54, 1.807) is 0 Å². The van der Waals surface area contributed by atoms with E-state index in [9.17, 15) is 0 Å². The van der Waals surface area contributed by atoms with Crippen LogP contribution in [-0.2, 0) is 0 Å². The molecular weight excluding hydrogens is 208 g/mol. The van der Waals surface area contributed by atoms with Gasteiger partial charge in [-0.1, -0.05) is 13.8 Å². The number of nitrogens with zero attached hydrogens (tertiary/aromatic N) is 1. The van der Waals surface area contributed by atoms with Gasteiger partial charge in [0, 0.05) is 24.2 Å². The molecule has 17 heavy (non-hydrogen) atoms. The Balaban J connectivity index is 1.86. The highest BCUT2D eigenvalue weighted by molar-refractivity contribution is 4.94. The molecule has 0 aromatic heterocycles. The molecule has 0 aromatic rings. The fraction of sp³-hybridized carbons (Fsp3) is 1.00. The van der Waals surface area contributed by atoms with Gasteiger partial charge in [-0.15, -0.1) is 0 Å². The van der Waals surface area contributed by atoms with E-state index in [0.29, 0.717) is 0 Å². The van der Waals surface area contributed by atoms with Crippen molar-refractivity contribution >= 4 is 0 Å². The van der Waals surface area contributed by atoms with Crippen molar-refractivity contribution in [1.29, 1.82) is 0 Å². The molecule has 1 aliphatic carbocycles. The van der Waals surface area contributed by atoms with Crippen LogP contribution in [0, 0.1) is 0 Å². The number of hydrogen-bond donors (Lipinski definition) is 1. The van der Waals surface area contributed by atoms with Crippen LogP contribution in [0.4, 0.5) is 0 Å². The minimum absolute atomic E-state index is 0.797. The molecule has 2 aliphatic rings. The highest BCUT2D eigenvalue weighted by Crippen LogP contribution is 2.34. The standard InChI is InChI=1S/C15H30N2/c1-4-10-16-13-7-9-15(11-13)17-12(3)6-8-14(17)5-2/h12-16H,4-11H2,1-3H3. The summed E-state index contributed by atoms with van der Waals surface area (Å²) >= 11 is 0. The summed E-state index contributed by atoms with van der Waals surface area (Å²) in [4.78, 5) is 2.85. The third kappa shape index (κ3) is 3.03. The lowest BCUT2D eigenvalue weighted by molar-refractivity contribution is 0.133. The summed E-state index contributed by atoms with van der Waals surface area (Å²) in [5.74, 6) is 0. The molecule has 0 amide bonds. The molecule has 1 aliphatic heterocycles. The molecule has 1 saturated heterocycles. The molecule has 2 nitrogen and oxygen atoms in total. The Labute approximate surface area is 107 Å². The number of rotatable bonds is 5. The zero-order valence-electron chi connectivity index (χ0n) is 11.9. The van der Waals surface area contributed by atoms with Crippen LogP contribution >= 0.6 is 0 Å². The van der Waals surface area contributed by atoms with Crippen molar-refractivity contribution in [3.8, 4) is 0 Å². The molecule has 2 heteroatoms. The van der Waals surface area contributed by atoms with Crippen LogP contribution in [0.5, 0.6) is 0 Å². The van der Waals surface area contributed by atoms with Crippen LogP contribution in [0.2, 0.25) is 0 Å². The first-order valence-corrected chi connectivity index (χ1v) is 7.77. The van der Waals surface area contributed by atoms with E-state index in [4.69, 9.17) is 0 Å². The Bertz CT molecular complexity index is 229. The molecule has 0 spiro atoms. The van der Waals surface area contributed by atoms with Crippen molar-refractivity contribution in [3.63, 3.8) is 0 Å². The second kappa shape index (κ2) is 6.19. The summed E-state index contributed by atoms with van der Waals surface area (Å²) in [6.45, 7) is 8.25. The lowest BCUT2D eigenvalue weighted by atomic mass is 10.1. The van der Waals surface area contributed by atoms with Gasteiger partial charge in [0.15, 0.2) is 0 Å². The molecule has 0 bridgehead atoms. The van der Waals surface area contributed by atoms with Gasteiger partial charge in [-0.3, -0.25) is 4.90 Å². The van der Waals surface area contributed by atoms with Crippen LogP contribution in [0.3, 0.4) is 0 Å². The summed E-state index contributed by atoms with van der Waals surface area (Å²) in [5.41, 5.74) is 0. The predicted molar refractivity (Wildman–Crippen MR) is 74.3 cm³/mol. The SMILES string of the molecule is CCCNC1CCC(N2C(C)CCC2CC)C1. The van der Waals surface area contributed by atoms with E-state index in [1.165, 1.54) is 51.5 Å². The van der Waals surface area contributed by atoms with Gasteiger partial charge < -0.3 is 5.32 Å². The summed E-state index contributed by atoms with van der Waals surface area (Å²) in [6.07, 6.45) is 9.66. The van der Waals surface area contributed by atoms with E-state index < -0.39 is 0 Å². The summed E-state index contributed by atoms with van der Waals surface area (Å²) in [7, 11) is 0. The molecule has 0 aromatic carbocycles. The van der Waals surface area contributed by atoms with Gasteiger partial charge in [0.2, 0.25) is 0 Å². The highest BCUT2D eigenvalue weighted by atomic mass is 15.2. The lowest BCUT2D eigenvalue weighted by Crippen LogP contribution is -2.42. The number of nitrogens with one attached hydrogen (secondary N) is 1. The second-order valence-corrected chi connectivity index (χ2v) is 6.05. The molecular formula is C15H30N2. The Hall–Kier alpha value is -0.0800. The maximum atomic E-state index is 3.71. The topological polar surface area (TPSA) is 15.3 Å². The Kier molecular flexibility index (Phi) is 4.87.